The number of carbonyl (C=O) groups excluding carboxylic acids is 2. The summed E-state index contributed by atoms with van der Waals surface area (Å²) in [5.74, 6) is -0.0170. The maximum Gasteiger partial charge on any atom is 0.319 e. The summed E-state index contributed by atoms with van der Waals surface area (Å²) in [4.78, 5) is 25.5. The third-order valence-electron chi connectivity index (χ3n) is 3.82. The van der Waals surface area contributed by atoms with E-state index in [9.17, 15) is 9.59 Å². The number of hydrogen-bond donors (Lipinski definition) is 2. The fraction of sp³-hybridized carbons (Fsp3) is 0.263. The van der Waals surface area contributed by atoms with E-state index in [1.54, 1.807) is 11.8 Å². The molecule has 0 aliphatic rings. The molecule has 0 saturated heterocycles. The zero-order valence-electron chi connectivity index (χ0n) is 14.0. The maximum absolute atomic E-state index is 11.9. The zero-order chi connectivity index (χ0) is 17.4. The highest BCUT2D eigenvalue weighted by Gasteiger charge is 2.18. The summed E-state index contributed by atoms with van der Waals surface area (Å²) in [5, 5.41) is 5.53. The fourth-order valence-corrected chi connectivity index (χ4v) is 2.52. The van der Waals surface area contributed by atoms with Gasteiger partial charge in [-0.25, -0.2) is 4.79 Å². The van der Waals surface area contributed by atoms with Crippen LogP contribution in [0.3, 0.4) is 0 Å². The Morgan fingerprint density at radius 2 is 1.58 bits per heavy atom. The van der Waals surface area contributed by atoms with Crippen LogP contribution in [-0.4, -0.2) is 29.9 Å². The Balaban J connectivity index is 1.85. The maximum atomic E-state index is 11.9. The number of amides is 3. The Labute approximate surface area is 142 Å². The Hall–Kier alpha value is -2.82. The van der Waals surface area contributed by atoms with Crippen LogP contribution < -0.4 is 10.6 Å². The van der Waals surface area contributed by atoms with Gasteiger partial charge in [-0.2, -0.15) is 0 Å². The SMILES string of the molecule is CC(=O)N(CCNC(=O)Nc1ccccc1)C(C)c1ccccc1. The highest BCUT2D eigenvalue weighted by atomic mass is 16.2. The summed E-state index contributed by atoms with van der Waals surface area (Å²) in [6.07, 6.45) is 0. The number of rotatable bonds is 6. The highest BCUT2D eigenvalue weighted by molar-refractivity contribution is 5.89. The minimum atomic E-state index is -0.280. The summed E-state index contributed by atoms with van der Waals surface area (Å²) in [6, 6.07) is 18.8. The highest BCUT2D eigenvalue weighted by Crippen LogP contribution is 2.19. The van der Waals surface area contributed by atoms with Gasteiger partial charge in [-0.3, -0.25) is 4.79 Å². The van der Waals surface area contributed by atoms with Crippen molar-refractivity contribution in [2.75, 3.05) is 18.4 Å². The Morgan fingerprint density at radius 1 is 1.00 bits per heavy atom. The van der Waals surface area contributed by atoms with Crippen LogP contribution in [0.5, 0.6) is 0 Å². The van der Waals surface area contributed by atoms with Crippen LogP contribution in [0.15, 0.2) is 60.7 Å². The molecule has 24 heavy (non-hydrogen) atoms. The lowest BCUT2D eigenvalue weighted by molar-refractivity contribution is -0.130. The molecule has 0 aliphatic heterocycles. The van der Waals surface area contributed by atoms with Crippen LogP contribution >= 0.6 is 0 Å². The van der Waals surface area contributed by atoms with Crippen molar-refractivity contribution in [3.63, 3.8) is 0 Å². The van der Waals surface area contributed by atoms with Gasteiger partial charge in [0.2, 0.25) is 5.91 Å². The fourth-order valence-electron chi connectivity index (χ4n) is 2.52. The van der Waals surface area contributed by atoms with Crippen molar-refractivity contribution in [2.45, 2.75) is 19.9 Å². The first-order valence-corrected chi connectivity index (χ1v) is 8.00. The molecule has 2 N–H and O–H groups in total. The average Bonchev–Trinajstić information content (AvgIpc) is 2.59. The van der Waals surface area contributed by atoms with Gasteiger partial charge in [-0.05, 0) is 24.6 Å². The second-order valence-corrected chi connectivity index (χ2v) is 5.55. The number of urea groups is 1. The van der Waals surface area contributed by atoms with Gasteiger partial charge in [0, 0.05) is 25.7 Å². The second-order valence-electron chi connectivity index (χ2n) is 5.55. The molecule has 0 saturated carbocycles. The third kappa shape index (κ3) is 5.12. The molecule has 2 aromatic carbocycles. The Morgan fingerprint density at radius 3 is 2.17 bits per heavy atom. The topological polar surface area (TPSA) is 61.4 Å². The van der Waals surface area contributed by atoms with E-state index in [2.05, 4.69) is 10.6 Å². The molecule has 0 heterocycles. The van der Waals surface area contributed by atoms with E-state index in [4.69, 9.17) is 0 Å². The molecule has 126 valence electrons. The summed E-state index contributed by atoms with van der Waals surface area (Å²) < 4.78 is 0. The summed E-state index contributed by atoms with van der Waals surface area (Å²) in [6.45, 7) is 4.37. The molecular formula is C19H23N3O2. The molecule has 3 amide bonds. The van der Waals surface area contributed by atoms with Gasteiger partial charge in [-0.15, -0.1) is 0 Å². The van der Waals surface area contributed by atoms with E-state index >= 15 is 0 Å². The second kappa shape index (κ2) is 8.72. The van der Waals surface area contributed by atoms with Gasteiger partial charge in [0.05, 0.1) is 6.04 Å². The predicted octanol–water partition coefficient (Wildman–Crippen LogP) is 3.42. The summed E-state index contributed by atoms with van der Waals surface area (Å²) in [7, 11) is 0. The summed E-state index contributed by atoms with van der Waals surface area (Å²) in [5.41, 5.74) is 1.80. The van der Waals surface area contributed by atoms with Gasteiger partial charge in [-0.1, -0.05) is 48.5 Å². The molecule has 0 bridgehead atoms. The van der Waals surface area contributed by atoms with Crippen LogP contribution in [0.25, 0.3) is 0 Å². The minimum Gasteiger partial charge on any atom is -0.336 e. The lowest BCUT2D eigenvalue weighted by Gasteiger charge is -2.28. The number of nitrogens with one attached hydrogen (secondary N) is 2. The van der Waals surface area contributed by atoms with Crippen LogP contribution in [-0.2, 0) is 4.79 Å². The molecule has 0 fully saturated rings. The van der Waals surface area contributed by atoms with Crippen LogP contribution in [0.1, 0.15) is 25.5 Å². The molecule has 5 nitrogen and oxygen atoms in total. The first-order chi connectivity index (χ1) is 11.6. The van der Waals surface area contributed by atoms with E-state index in [0.717, 1.165) is 11.3 Å². The lowest BCUT2D eigenvalue weighted by atomic mass is 10.1. The molecule has 0 aromatic heterocycles. The van der Waals surface area contributed by atoms with E-state index in [-0.39, 0.29) is 18.0 Å². The number of carbonyl (C=O) groups is 2. The van der Waals surface area contributed by atoms with Crippen molar-refractivity contribution >= 4 is 17.6 Å². The van der Waals surface area contributed by atoms with Crippen LogP contribution in [0, 0.1) is 0 Å². The van der Waals surface area contributed by atoms with Crippen molar-refractivity contribution in [1.82, 2.24) is 10.2 Å². The molecule has 1 atom stereocenters. The monoisotopic (exact) mass is 325 g/mol. The van der Waals surface area contributed by atoms with Crippen LogP contribution in [0.4, 0.5) is 10.5 Å². The molecule has 0 spiro atoms. The molecular weight excluding hydrogens is 302 g/mol. The van der Waals surface area contributed by atoms with Gasteiger partial charge in [0.15, 0.2) is 0 Å². The van der Waals surface area contributed by atoms with Gasteiger partial charge < -0.3 is 15.5 Å². The van der Waals surface area contributed by atoms with Crippen LogP contribution in [0.2, 0.25) is 0 Å². The first kappa shape index (κ1) is 17.5. The third-order valence-corrected chi connectivity index (χ3v) is 3.82. The van der Waals surface area contributed by atoms with E-state index in [1.807, 2.05) is 67.6 Å². The molecule has 2 aromatic rings. The minimum absolute atomic E-state index is 0.0170. The first-order valence-electron chi connectivity index (χ1n) is 8.00. The average molecular weight is 325 g/mol. The largest absolute Gasteiger partial charge is 0.336 e. The Kier molecular flexibility index (Phi) is 6.37. The number of anilines is 1. The van der Waals surface area contributed by atoms with E-state index in [0.29, 0.717) is 13.1 Å². The predicted molar refractivity (Wildman–Crippen MR) is 95.7 cm³/mol. The standard InChI is InChI=1S/C19H23N3O2/c1-15(17-9-5-3-6-10-17)22(16(2)23)14-13-20-19(24)21-18-11-7-4-8-12-18/h3-12,15H,13-14H2,1-2H3,(H2,20,21,24). The van der Waals surface area contributed by atoms with Crippen molar-refractivity contribution in [3.05, 3.63) is 66.2 Å². The number of benzene rings is 2. The van der Waals surface area contributed by atoms with Gasteiger partial charge in [0.25, 0.3) is 0 Å². The molecule has 0 aliphatic carbocycles. The normalized spacial score (nSPS) is 11.4. The zero-order valence-corrected chi connectivity index (χ0v) is 14.0. The van der Waals surface area contributed by atoms with Crippen molar-refractivity contribution < 1.29 is 9.59 Å². The van der Waals surface area contributed by atoms with E-state index < -0.39 is 0 Å². The lowest BCUT2D eigenvalue weighted by Crippen LogP contribution is -2.40. The quantitative estimate of drug-likeness (QED) is 0.855. The van der Waals surface area contributed by atoms with Gasteiger partial charge >= 0.3 is 6.03 Å². The Bertz CT molecular complexity index is 659. The number of hydrogen-bond acceptors (Lipinski definition) is 2. The number of nitrogens with zero attached hydrogens (tertiary/aromatic N) is 1. The van der Waals surface area contributed by atoms with E-state index in [1.165, 1.54) is 0 Å². The smallest absolute Gasteiger partial charge is 0.319 e. The molecule has 5 heteroatoms. The molecule has 1 unspecified atom stereocenters. The van der Waals surface area contributed by atoms with Gasteiger partial charge in [0.1, 0.15) is 0 Å². The molecule has 0 radical (unpaired) electrons. The summed E-state index contributed by atoms with van der Waals surface area (Å²) >= 11 is 0. The van der Waals surface area contributed by atoms with Crippen molar-refractivity contribution in [1.29, 1.82) is 0 Å². The van der Waals surface area contributed by atoms with Crippen molar-refractivity contribution in [2.24, 2.45) is 0 Å². The number of para-hydroxylation sites is 1. The van der Waals surface area contributed by atoms with Crippen molar-refractivity contribution in [3.8, 4) is 0 Å². The molecule has 2 rings (SSSR count).